The maximum Gasteiger partial charge on any atom is 0.330 e. The number of unbranched alkanes of at least 4 members (excludes halogenated alkanes) is 1. The van der Waals surface area contributed by atoms with E-state index in [4.69, 9.17) is 9.47 Å². The lowest BCUT2D eigenvalue weighted by Gasteiger charge is -2.20. The van der Waals surface area contributed by atoms with Crippen LogP contribution in [0.25, 0.3) is 0 Å². The van der Waals surface area contributed by atoms with E-state index in [1.165, 1.54) is 12.1 Å². The number of halogens is 1. The first-order valence-corrected chi connectivity index (χ1v) is 11.4. The molecule has 1 aromatic heterocycles. The molecule has 1 aliphatic rings. The van der Waals surface area contributed by atoms with Gasteiger partial charge in [0.15, 0.2) is 6.23 Å². The van der Waals surface area contributed by atoms with E-state index in [2.05, 4.69) is 5.32 Å². The van der Waals surface area contributed by atoms with Gasteiger partial charge in [-0.2, -0.15) is 4.39 Å². The maximum absolute atomic E-state index is 13.6. The SMILES string of the molecule is CCCCC(=O)N[C@@H](Cc1ccc(O)cc1)C(=O)OC[C@@H]1O[C@H](n2cc(F)c(=O)[nH]c2=O)C(O)C1O. The van der Waals surface area contributed by atoms with Gasteiger partial charge in [-0.05, 0) is 24.1 Å². The van der Waals surface area contributed by atoms with Gasteiger partial charge in [-0.3, -0.25) is 19.1 Å². The van der Waals surface area contributed by atoms with Gasteiger partial charge in [0.05, 0.1) is 6.20 Å². The van der Waals surface area contributed by atoms with E-state index < -0.39 is 60.2 Å². The van der Waals surface area contributed by atoms with Crippen molar-refractivity contribution in [1.82, 2.24) is 14.9 Å². The van der Waals surface area contributed by atoms with Crippen LogP contribution in [-0.4, -0.2) is 67.7 Å². The zero-order valence-corrected chi connectivity index (χ0v) is 19.4. The van der Waals surface area contributed by atoms with Gasteiger partial charge in [0.1, 0.15) is 36.7 Å². The number of nitrogens with zero attached hydrogens (tertiary/aromatic N) is 1. The quantitative estimate of drug-likeness (QED) is 0.263. The first kappa shape index (κ1) is 27.0. The van der Waals surface area contributed by atoms with Gasteiger partial charge in [-0.15, -0.1) is 0 Å². The molecule has 0 bridgehead atoms. The summed E-state index contributed by atoms with van der Waals surface area (Å²) < 4.78 is 24.9. The Bertz CT molecular complexity index is 1180. The molecule has 1 amide bonds. The summed E-state index contributed by atoms with van der Waals surface area (Å²) in [6.45, 7) is 1.37. The molecular formula is C23H28FN3O9. The number of aromatic amines is 1. The van der Waals surface area contributed by atoms with E-state index in [0.717, 1.165) is 6.42 Å². The summed E-state index contributed by atoms with van der Waals surface area (Å²) in [6.07, 6.45) is -3.94. The number of H-pyrrole nitrogens is 1. The van der Waals surface area contributed by atoms with Gasteiger partial charge < -0.3 is 30.1 Å². The van der Waals surface area contributed by atoms with Crippen LogP contribution in [-0.2, 0) is 25.5 Å². The van der Waals surface area contributed by atoms with Crippen LogP contribution in [0.2, 0.25) is 0 Å². The fourth-order valence-corrected chi connectivity index (χ4v) is 3.68. The van der Waals surface area contributed by atoms with Crippen LogP contribution < -0.4 is 16.6 Å². The Morgan fingerprint density at radius 1 is 1.22 bits per heavy atom. The molecule has 1 fully saturated rings. The standard InChI is InChI=1S/C23H28FN3O9/c1-2-3-4-17(29)25-15(9-12-5-7-13(28)8-6-12)22(33)35-11-16-18(30)19(31)21(36-16)27-10-14(24)20(32)26-23(27)34/h5-8,10,15-16,18-19,21,28,30-31H,2-4,9,11H2,1H3,(H,25,29)(H,26,32,34)/t15-,16-,18?,19?,21-/m0/s1. The number of nitrogens with one attached hydrogen (secondary N) is 2. The number of phenols is 1. The third kappa shape index (κ3) is 6.56. The van der Waals surface area contributed by atoms with Crippen LogP contribution in [0.4, 0.5) is 4.39 Å². The number of carbonyl (C=O) groups is 2. The molecule has 1 aromatic carbocycles. The molecule has 5 atom stereocenters. The minimum absolute atomic E-state index is 0.0341. The number of amides is 1. The van der Waals surface area contributed by atoms with E-state index in [9.17, 15) is 38.9 Å². The molecule has 0 saturated carbocycles. The van der Waals surface area contributed by atoms with Crippen LogP contribution in [0, 0.1) is 5.82 Å². The molecule has 0 spiro atoms. The third-order valence-electron chi connectivity index (χ3n) is 5.68. The first-order valence-electron chi connectivity index (χ1n) is 11.4. The largest absolute Gasteiger partial charge is 0.508 e. The summed E-state index contributed by atoms with van der Waals surface area (Å²) in [7, 11) is 0. The number of aromatic hydroxyl groups is 1. The smallest absolute Gasteiger partial charge is 0.330 e. The van der Waals surface area contributed by atoms with Gasteiger partial charge in [-0.1, -0.05) is 25.5 Å². The molecular weight excluding hydrogens is 481 g/mol. The fraction of sp³-hybridized carbons (Fsp3) is 0.478. The van der Waals surface area contributed by atoms with Crippen molar-refractivity contribution in [3.63, 3.8) is 0 Å². The molecule has 12 nitrogen and oxygen atoms in total. The fourth-order valence-electron chi connectivity index (χ4n) is 3.68. The number of hydrogen-bond acceptors (Lipinski definition) is 9. The molecule has 2 aromatic rings. The Kier molecular flexibility index (Phi) is 8.96. The lowest BCUT2D eigenvalue weighted by atomic mass is 10.1. The topological polar surface area (TPSA) is 180 Å². The molecule has 0 radical (unpaired) electrons. The zero-order valence-electron chi connectivity index (χ0n) is 19.4. The van der Waals surface area contributed by atoms with Crippen LogP contribution in [0.3, 0.4) is 0 Å². The van der Waals surface area contributed by atoms with Crippen molar-refractivity contribution >= 4 is 11.9 Å². The van der Waals surface area contributed by atoms with E-state index in [-0.39, 0.29) is 24.5 Å². The van der Waals surface area contributed by atoms with Crippen molar-refractivity contribution in [3.8, 4) is 5.75 Å². The predicted octanol–water partition coefficient (Wildman–Crippen LogP) is -0.539. The molecule has 2 heterocycles. The van der Waals surface area contributed by atoms with E-state index in [1.807, 2.05) is 6.92 Å². The molecule has 3 rings (SSSR count). The number of hydrogen-bond donors (Lipinski definition) is 5. The van der Waals surface area contributed by atoms with Crippen molar-refractivity contribution in [1.29, 1.82) is 0 Å². The van der Waals surface area contributed by atoms with Gasteiger partial charge in [0.25, 0.3) is 5.56 Å². The highest BCUT2D eigenvalue weighted by Crippen LogP contribution is 2.28. The number of aromatic nitrogens is 2. The Morgan fingerprint density at radius 3 is 2.58 bits per heavy atom. The summed E-state index contributed by atoms with van der Waals surface area (Å²) in [5.74, 6) is -2.46. The highest BCUT2D eigenvalue weighted by atomic mass is 19.1. The van der Waals surface area contributed by atoms with Crippen LogP contribution in [0.5, 0.6) is 5.75 Å². The number of ether oxygens (including phenoxy) is 2. The highest BCUT2D eigenvalue weighted by Gasteiger charge is 2.45. The van der Waals surface area contributed by atoms with Crippen molar-refractivity contribution in [2.24, 2.45) is 0 Å². The van der Waals surface area contributed by atoms with Crippen molar-refractivity contribution in [2.45, 2.75) is 63.2 Å². The van der Waals surface area contributed by atoms with Crippen LogP contribution in [0.1, 0.15) is 38.0 Å². The third-order valence-corrected chi connectivity index (χ3v) is 5.68. The highest BCUT2D eigenvalue weighted by molar-refractivity contribution is 5.84. The van der Waals surface area contributed by atoms with E-state index >= 15 is 0 Å². The molecule has 1 saturated heterocycles. The van der Waals surface area contributed by atoms with Crippen molar-refractivity contribution in [2.75, 3.05) is 6.61 Å². The summed E-state index contributed by atoms with van der Waals surface area (Å²) in [4.78, 5) is 50.0. The second kappa shape index (κ2) is 11.9. The van der Waals surface area contributed by atoms with Crippen LogP contribution in [0.15, 0.2) is 40.1 Å². The number of rotatable bonds is 10. The second-order valence-corrected chi connectivity index (χ2v) is 8.41. The summed E-state index contributed by atoms with van der Waals surface area (Å²) in [5, 5.41) is 32.7. The zero-order chi connectivity index (χ0) is 26.4. The van der Waals surface area contributed by atoms with Crippen molar-refractivity contribution < 1.29 is 38.8 Å². The second-order valence-electron chi connectivity index (χ2n) is 8.41. The Morgan fingerprint density at radius 2 is 1.92 bits per heavy atom. The number of esters is 1. The van der Waals surface area contributed by atoms with Crippen LogP contribution >= 0.6 is 0 Å². The minimum atomic E-state index is -1.70. The number of carbonyl (C=O) groups excluding carboxylic acids is 2. The van der Waals surface area contributed by atoms with Gasteiger partial charge in [0, 0.05) is 12.8 Å². The minimum Gasteiger partial charge on any atom is -0.508 e. The Balaban J connectivity index is 1.68. The molecule has 13 heteroatoms. The number of aliphatic hydroxyl groups is 2. The summed E-state index contributed by atoms with van der Waals surface area (Å²) in [6, 6.07) is 4.94. The molecule has 36 heavy (non-hydrogen) atoms. The Labute approximate surface area is 204 Å². The normalized spacial score (nSPS) is 22.2. The number of phenolic OH excluding ortho intramolecular Hbond substituents is 1. The molecule has 0 aliphatic carbocycles. The summed E-state index contributed by atoms with van der Waals surface area (Å²) >= 11 is 0. The average molecular weight is 509 g/mol. The maximum atomic E-state index is 13.6. The van der Waals surface area contributed by atoms with Gasteiger partial charge in [-0.25, -0.2) is 9.59 Å². The van der Waals surface area contributed by atoms with Gasteiger partial charge in [0.2, 0.25) is 11.7 Å². The van der Waals surface area contributed by atoms with E-state index in [0.29, 0.717) is 22.7 Å². The molecule has 2 unspecified atom stereocenters. The first-order chi connectivity index (χ1) is 17.1. The predicted molar refractivity (Wildman–Crippen MR) is 121 cm³/mol. The number of benzene rings is 1. The number of aliphatic hydroxyl groups excluding tert-OH is 2. The molecule has 1 aliphatic heterocycles. The lowest BCUT2D eigenvalue weighted by molar-refractivity contribution is -0.154. The van der Waals surface area contributed by atoms with Crippen molar-refractivity contribution in [3.05, 3.63) is 62.7 Å². The lowest BCUT2D eigenvalue weighted by Crippen LogP contribution is -2.44. The molecule has 196 valence electrons. The summed E-state index contributed by atoms with van der Waals surface area (Å²) in [5.41, 5.74) is -1.69. The molecule has 5 N–H and O–H groups in total. The Hall–Kier alpha value is -3.55. The van der Waals surface area contributed by atoms with E-state index in [1.54, 1.807) is 17.1 Å². The average Bonchev–Trinajstić information content (AvgIpc) is 3.12. The van der Waals surface area contributed by atoms with Gasteiger partial charge >= 0.3 is 11.7 Å². The monoisotopic (exact) mass is 509 g/mol.